The lowest BCUT2D eigenvalue weighted by Gasteiger charge is -2.25. The van der Waals surface area contributed by atoms with Crippen LogP contribution in [0, 0.1) is 0 Å². The zero-order chi connectivity index (χ0) is 20.1. The molecular weight excluding hydrogens is 356 g/mol. The first kappa shape index (κ1) is 19.6. The van der Waals surface area contributed by atoms with E-state index in [1.807, 2.05) is 67.7 Å². The van der Waals surface area contributed by atoms with E-state index < -0.39 is 23.4 Å². The van der Waals surface area contributed by atoms with Gasteiger partial charge in [-0.05, 0) is 18.9 Å². The summed E-state index contributed by atoms with van der Waals surface area (Å²) in [5, 5.41) is 5.39. The lowest BCUT2D eigenvalue weighted by Crippen LogP contribution is -2.87. The van der Waals surface area contributed by atoms with Crippen molar-refractivity contribution < 1.29 is 19.7 Å². The van der Waals surface area contributed by atoms with Crippen LogP contribution in [0.3, 0.4) is 0 Å². The molecule has 2 atom stereocenters. The molecule has 28 heavy (non-hydrogen) atoms. The Bertz CT molecular complexity index is 856. The fourth-order valence-electron chi connectivity index (χ4n) is 3.39. The minimum absolute atomic E-state index is 0.0779. The van der Waals surface area contributed by atoms with Gasteiger partial charge in [0.2, 0.25) is 0 Å². The van der Waals surface area contributed by atoms with Gasteiger partial charge < -0.3 is 10.6 Å². The third-order valence-electron chi connectivity index (χ3n) is 5.11. The number of nitrogens with zero attached hydrogens (tertiary/aromatic N) is 1. The van der Waals surface area contributed by atoms with E-state index in [1.54, 1.807) is 12.1 Å². The molecule has 4 amide bonds. The van der Waals surface area contributed by atoms with Gasteiger partial charge in [-0.25, -0.2) is 4.79 Å². The summed E-state index contributed by atoms with van der Waals surface area (Å²) in [6.45, 7) is 3.91. The first-order chi connectivity index (χ1) is 13.5. The summed E-state index contributed by atoms with van der Waals surface area (Å²) < 4.78 is 0. The number of amides is 4. The summed E-state index contributed by atoms with van der Waals surface area (Å²) in [4.78, 5) is 37.7. The van der Waals surface area contributed by atoms with Crippen molar-refractivity contribution in [2.75, 3.05) is 6.54 Å². The summed E-state index contributed by atoms with van der Waals surface area (Å²) in [5.74, 6) is -0.887. The van der Waals surface area contributed by atoms with Crippen molar-refractivity contribution >= 4 is 17.8 Å². The Labute approximate surface area is 164 Å². The first-order valence-electron chi connectivity index (χ1n) is 9.38. The number of nitrogens with two attached hydrogens (primary N) is 1. The Balaban J connectivity index is 1.65. The summed E-state index contributed by atoms with van der Waals surface area (Å²) >= 11 is 0. The van der Waals surface area contributed by atoms with Crippen molar-refractivity contribution in [3.05, 3.63) is 71.8 Å². The van der Waals surface area contributed by atoms with E-state index in [0.717, 1.165) is 10.6 Å². The van der Waals surface area contributed by atoms with Crippen LogP contribution in [0.4, 0.5) is 4.79 Å². The highest BCUT2D eigenvalue weighted by Gasteiger charge is 2.52. The van der Waals surface area contributed by atoms with Crippen molar-refractivity contribution in [3.63, 3.8) is 0 Å². The van der Waals surface area contributed by atoms with Crippen LogP contribution in [0.25, 0.3) is 0 Å². The average molecular weight is 381 g/mol. The number of imide groups is 1. The highest BCUT2D eigenvalue weighted by atomic mass is 16.2. The molecule has 0 bridgehead atoms. The van der Waals surface area contributed by atoms with Crippen molar-refractivity contribution in [2.24, 2.45) is 0 Å². The van der Waals surface area contributed by atoms with Crippen LogP contribution in [0.2, 0.25) is 0 Å². The van der Waals surface area contributed by atoms with E-state index in [9.17, 15) is 14.4 Å². The molecule has 4 N–H and O–H groups in total. The van der Waals surface area contributed by atoms with E-state index in [2.05, 4.69) is 10.7 Å². The maximum Gasteiger partial charge on any atom is 0.344 e. The molecule has 1 aliphatic heterocycles. The molecule has 0 spiro atoms. The van der Waals surface area contributed by atoms with E-state index in [-0.39, 0.29) is 12.6 Å². The maximum absolute atomic E-state index is 13.0. The molecule has 3 rings (SSSR count). The molecule has 1 fully saturated rings. The van der Waals surface area contributed by atoms with Gasteiger partial charge in [0.1, 0.15) is 11.6 Å². The van der Waals surface area contributed by atoms with E-state index in [4.69, 9.17) is 0 Å². The Morgan fingerprint density at radius 1 is 1.11 bits per heavy atom. The number of rotatable bonds is 7. The number of urea groups is 1. The van der Waals surface area contributed by atoms with Gasteiger partial charge >= 0.3 is 6.03 Å². The molecule has 0 unspecified atom stereocenters. The van der Waals surface area contributed by atoms with Gasteiger partial charge in [-0.2, -0.15) is 5.01 Å². The Morgan fingerprint density at radius 2 is 1.71 bits per heavy atom. The molecule has 1 aliphatic rings. The lowest BCUT2D eigenvalue weighted by atomic mass is 9.87. The molecule has 1 heterocycles. The summed E-state index contributed by atoms with van der Waals surface area (Å²) in [6.07, 6.45) is 0.380. The van der Waals surface area contributed by atoms with Crippen molar-refractivity contribution in [1.82, 2.24) is 15.8 Å². The Kier molecular flexibility index (Phi) is 5.75. The van der Waals surface area contributed by atoms with Crippen molar-refractivity contribution in [1.29, 1.82) is 0 Å². The van der Waals surface area contributed by atoms with Crippen LogP contribution in [0.5, 0.6) is 0 Å². The molecule has 0 aromatic heterocycles. The zero-order valence-electron chi connectivity index (χ0n) is 16.0. The van der Waals surface area contributed by atoms with Crippen LogP contribution in [0.1, 0.15) is 37.4 Å². The van der Waals surface area contributed by atoms with Crippen molar-refractivity contribution in [3.8, 4) is 0 Å². The SMILES string of the molecule is CC[C@@]1(c2ccccc2)NC(=O)N(NC(=O)C[NH2+][C@H](C)c2ccccc2)C1=O. The second-order valence-electron chi connectivity index (χ2n) is 6.87. The van der Waals surface area contributed by atoms with E-state index >= 15 is 0 Å². The van der Waals surface area contributed by atoms with Crippen LogP contribution in [0.15, 0.2) is 60.7 Å². The van der Waals surface area contributed by atoms with Crippen molar-refractivity contribution in [2.45, 2.75) is 31.8 Å². The monoisotopic (exact) mass is 381 g/mol. The van der Waals surface area contributed by atoms with Gasteiger partial charge in [-0.1, -0.05) is 67.6 Å². The fraction of sp³-hybridized carbons (Fsp3) is 0.286. The normalized spacial score (nSPS) is 20.0. The van der Waals surface area contributed by atoms with Gasteiger partial charge in [0.05, 0.1) is 0 Å². The first-order valence-corrected chi connectivity index (χ1v) is 9.38. The highest BCUT2D eigenvalue weighted by molar-refractivity contribution is 6.08. The van der Waals surface area contributed by atoms with E-state index in [0.29, 0.717) is 12.0 Å². The van der Waals surface area contributed by atoms with Crippen LogP contribution in [-0.2, 0) is 15.1 Å². The minimum Gasteiger partial charge on any atom is -0.332 e. The average Bonchev–Trinajstić information content (AvgIpc) is 2.98. The number of hydrazine groups is 1. The predicted molar refractivity (Wildman–Crippen MR) is 104 cm³/mol. The standard InChI is InChI=1S/C21H24N4O3/c1-3-21(17-12-8-5-9-13-17)19(27)25(20(28)23-21)24-18(26)14-22-15(2)16-10-6-4-7-11-16/h4-13,15,22H,3,14H2,1-2H3,(H,23,28)(H,24,26)/p+1/t15-,21+/m1/s1. The third kappa shape index (κ3) is 3.75. The number of quaternary nitrogens is 1. The van der Waals surface area contributed by atoms with Gasteiger partial charge in [-0.15, -0.1) is 0 Å². The number of hydrogen-bond donors (Lipinski definition) is 3. The molecule has 146 valence electrons. The number of carbonyl (C=O) groups excluding carboxylic acids is 3. The topological polar surface area (TPSA) is 95.1 Å². The second kappa shape index (κ2) is 8.22. The number of hydrogen-bond acceptors (Lipinski definition) is 3. The molecule has 0 aliphatic carbocycles. The maximum atomic E-state index is 13.0. The quantitative estimate of drug-likeness (QED) is 0.629. The van der Waals surface area contributed by atoms with Gasteiger partial charge in [0, 0.05) is 5.56 Å². The second-order valence-corrected chi connectivity index (χ2v) is 6.87. The van der Waals surface area contributed by atoms with Crippen LogP contribution >= 0.6 is 0 Å². The molecule has 2 aromatic rings. The molecule has 0 radical (unpaired) electrons. The van der Waals surface area contributed by atoms with Gasteiger partial charge in [0.15, 0.2) is 6.54 Å². The minimum atomic E-state index is -1.16. The number of carbonyl (C=O) groups is 3. The Morgan fingerprint density at radius 3 is 2.32 bits per heavy atom. The highest BCUT2D eigenvalue weighted by Crippen LogP contribution is 2.31. The summed E-state index contributed by atoms with van der Waals surface area (Å²) in [7, 11) is 0. The molecule has 7 nitrogen and oxygen atoms in total. The molecule has 2 aromatic carbocycles. The molecule has 7 heteroatoms. The van der Waals surface area contributed by atoms with Crippen LogP contribution in [-0.4, -0.2) is 29.4 Å². The fourth-order valence-corrected chi connectivity index (χ4v) is 3.39. The Hall–Kier alpha value is -3.19. The number of benzene rings is 2. The van der Waals surface area contributed by atoms with Gasteiger partial charge in [0.25, 0.3) is 11.8 Å². The zero-order valence-corrected chi connectivity index (χ0v) is 16.0. The molecular formula is C21H25N4O3+. The molecule has 1 saturated heterocycles. The molecule has 0 saturated carbocycles. The van der Waals surface area contributed by atoms with Gasteiger partial charge in [-0.3, -0.25) is 15.0 Å². The van der Waals surface area contributed by atoms with Crippen LogP contribution < -0.4 is 16.1 Å². The third-order valence-corrected chi connectivity index (χ3v) is 5.11. The largest absolute Gasteiger partial charge is 0.344 e. The lowest BCUT2D eigenvalue weighted by molar-refractivity contribution is -0.682. The summed E-state index contributed by atoms with van der Waals surface area (Å²) in [6, 6.07) is 18.3. The predicted octanol–water partition coefficient (Wildman–Crippen LogP) is 1.20. The number of nitrogens with one attached hydrogen (secondary N) is 2. The van der Waals surface area contributed by atoms with E-state index in [1.165, 1.54) is 0 Å². The smallest absolute Gasteiger partial charge is 0.332 e. The summed E-state index contributed by atoms with van der Waals surface area (Å²) in [5.41, 5.74) is 3.07.